The first-order chi connectivity index (χ1) is 14.0. The molecule has 0 aliphatic rings. The number of aromatic nitrogens is 3. The fourth-order valence-corrected chi connectivity index (χ4v) is 3.77. The molecule has 0 spiro atoms. The summed E-state index contributed by atoms with van der Waals surface area (Å²) in [7, 11) is 1.62. The lowest BCUT2D eigenvalue weighted by Gasteiger charge is -2.16. The number of hydrogen-bond acceptors (Lipinski definition) is 6. The average Bonchev–Trinajstić information content (AvgIpc) is 3.00. The quantitative estimate of drug-likeness (QED) is 0.520. The number of benzene rings is 2. The van der Waals surface area contributed by atoms with Crippen LogP contribution in [0.1, 0.15) is 16.7 Å². The number of anilines is 2. The van der Waals surface area contributed by atoms with Crippen LogP contribution in [0.5, 0.6) is 5.75 Å². The summed E-state index contributed by atoms with van der Waals surface area (Å²) in [5.41, 5.74) is 18.1. The highest BCUT2D eigenvalue weighted by Gasteiger charge is 2.24. The predicted octanol–water partition coefficient (Wildman–Crippen LogP) is 3.75. The fraction of sp³-hybridized carbons (Fsp3) is 0.136. The molecule has 0 bridgehead atoms. The Hall–Kier alpha value is -4.05. The topological polar surface area (TPSA) is 116 Å². The average molecular weight is 384 g/mol. The lowest BCUT2D eigenvalue weighted by Crippen LogP contribution is -2.06. The Morgan fingerprint density at radius 1 is 1.07 bits per heavy atom. The van der Waals surface area contributed by atoms with E-state index in [4.69, 9.17) is 16.2 Å². The molecule has 0 amide bonds. The smallest absolute Gasteiger partial charge is 0.151 e. The van der Waals surface area contributed by atoms with Crippen molar-refractivity contribution in [2.45, 2.75) is 13.8 Å². The molecule has 0 saturated heterocycles. The van der Waals surface area contributed by atoms with Gasteiger partial charge in [0.05, 0.1) is 23.9 Å². The van der Waals surface area contributed by atoms with Crippen LogP contribution in [0.4, 0.5) is 11.5 Å². The van der Waals surface area contributed by atoms with E-state index in [0.717, 1.165) is 28.1 Å². The summed E-state index contributed by atoms with van der Waals surface area (Å²) < 4.78 is 7.28. The third-order valence-corrected chi connectivity index (χ3v) is 5.14. The molecule has 29 heavy (non-hydrogen) atoms. The van der Waals surface area contributed by atoms with Gasteiger partial charge in [0.25, 0.3) is 0 Å². The molecule has 2 heterocycles. The SMILES string of the molecule is COc1ccc(C)c(-n2c(N)c(C#N)c3c(-c4ccccc4N)ncnc32)c1C. The van der Waals surface area contributed by atoms with E-state index in [1.54, 1.807) is 17.7 Å². The van der Waals surface area contributed by atoms with E-state index in [1.165, 1.54) is 6.33 Å². The Bertz CT molecular complexity index is 1300. The first kappa shape index (κ1) is 18.3. The van der Waals surface area contributed by atoms with E-state index in [9.17, 15) is 5.26 Å². The number of methoxy groups -OCH3 is 1. The second kappa shape index (κ2) is 6.84. The van der Waals surface area contributed by atoms with Crippen LogP contribution >= 0.6 is 0 Å². The third kappa shape index (κ3) is 2.65. The lowest BCUT2D eigenvalue weighted by molar-refractivity contribution is 0.411. The van der Waals surface area contributed by atoms with E-state index < -0.39 is 0 Å². The summed E-state index contributed by atoms with van der Waals surface area (Å²) in [6.45, 7) is 3.94. The Balaban J connectivity index is 2.16. The summed E-state index contributed by atoms with van der Waals surface area (Å²) in [6, 6.07) is 13.5. The van der Waals surface area contributed by atoms with Gasteiger partial charge < -0.3 is 16.2 Å². The van der Waals surface area contributed by atoms with E-state index in [0.29, 0.717) is 33.8 Å². The maximum absolute atomic E-state index is 9.90. The molecule has 0 aliphatic heterocycles. The number of nitrogens with two attached hydrogens (primary N) is 2. The van der Waals surface area contributed by atoms with Crippen LogP contribution < -0.4 is 16.2 Å². The first-order valence-corrected chi connectivity index (χ1v) is 9.04. The van der Waals surface area contributed by atoms with Gasteiger partial charge in [-0.25, -0.2) is 9.97 Å². The van der Waals surface area contributed by atoms with Gasteiger partial charge in [0.15, 0.2) is 5.65 Å². The molecule has 4 N–H and O–H groups in total. The Morgan fingerprint density at radius 2 is 1.83 bits per heavy atom. The number of ether oxygens (including phenoxy) is 1. The van der Waals surface area contributed by atoms with Crippen molar-refractivity contribution in [2.24, 2.45) is 0 Å². The van der Waals surface area contributed by atoms with Crippen molar-refractivity contribution in [3.63, 3.8) is 0 Å². The van der Waals surface area contributed by atoms with Gasteiger partial charge in [-0.1, -0.05) is 24.3 Å². The van der Waals surface area contributed by atoms with E-state index >= 15 is 0 Å². The van der Waals surface area contributed by atoms with Crippen LogP contribution in [0.3, 0.4) is 0 Å². The van der Waals surface area contributed by atoms with Crippen molar-refractivity contribution >= 4 is 22.5 Å². The normalized spacial score (nSPS) is 10.8. The van der Waals surface area contributed by atoms with Crippen LogP contribution in [-0.4, -0.2) is 21.6 Å². The molecule has 4 rings (SSSR count). The number of nitriles is 1. The standard InChI is InChI=1S/C22H20N6O/c1-12-8-9-17(29-3)13(2)20(12)28-21(25)15(10-23)18-19(26-11-27-22(18)28)14-6-4-5-7-16(14)24/h4-9,11H,24-25H2,1-3H3. The molecule has 2 aromatic carbocycles. The maximum atomic E-state index is 9.90. The number of nitrogen functional groups attached to an aromatic ring is 2. The highest BCUT2D eigenvalue weighted by Crippen LogP contribution is 2.39. The van der Waals surface area contributed by atoms with Crippen LogP contribution in [-0.2, 0) is 0 Å². The molecule has 7 heteroatoms. The molecule has 0 aliphatic carbocycles. The summed E-state index contributed by atoms with van der Waals surface area (Å²) >= 11 is 0. The Labute approximate surface area is 168 Å². The number of nitrogens with zero attached hydrogens (tertiary/aromatic N) is 4. The summed E-state index contributed by atoms with van der Waals surface area (Å²) in [5.74, 6) is 1.03. The number of fused-ring (bicyclic) bond motifs is 1. The second-order valence-corrected chi connectivity index (χ2v) is 6.77. The maximum Gasteiger partial charge on any atom is 0.151 e. The van der Waals surface area contributed by atoms with Crippen LogP contribution in [0.25, 0.3) is 28.0 Å². The number of aryl methyl sites for hydroxylation is 1. The van der Waals surface area contributed by atoms with Crippen molar-refractivity contribution in [1.29, 1.82) is 5.26 Å². The van der Waals surface area contributed by atoms with Crippen LogP contribution in [0.15, 0.2) is 42.7 Å². The van der Waals surface area contributed by atoms with E-state index in [-0.39, 0.29) is 0 Å². The molecule has 0 atom stereocenters. The molecule has 0 radical (unpaired) electrons. The molecular weight excluding hydrogens is 364 g/mol. The minimum Gasteiger partial charge on any atom is -0.496 e. The number of rotatable bonds is 3. The molecule has 0 unspecified atom stereocenters. The van der Waals surface area contributed by atoms with Gasteiger partial charge in [0.2, 0.25) is 0 Å². The minimum atomic E-state index is 0.304. The van der Waals surface area contributed by atoms with Crippen molar-refractivity contribution < 1.29 is 4.74 Å². The molecule has 0 saturated carbocycles. The zero-order chi connectivity index (χ0) is 20.7. The van der Waals surface area contributed by atoms with Crippen molar-refractivity contribution in [3.05, 3.63) is 59.4 Å². The van der Waals surface area contributed by atoms with Crippen LogP contribution in [0, 0.1) is 25.2 Å². The van der Waals surface area contributed by atoms with E-state index in [2.05, 4.69) is 16.0 Å². The van der Waals surface area contributed by atoms with Crippen molar-refractivity contribution in [2.75, 3.05) is 18.6 Å². The van der Waals surface area contributed by atoms with Crippen molar-refractivity contribution in [1.82, 2.24) is 14.5 Å². The third-order valence-electron chi connectivity index (χ3n) is 5.14. The number of hydrogen-bond donors (Lipinski definition) is 2. The van der Waals surface area contributed by atoms with E-state index in [1.807, 2.05) is 44.2 Å². The molecule has 4 aromatic rings. The van der Waals surface area contributed by atoms with Gasteiger partial charge in [-0.15, -0.1) is 0 Å². The van der Waals surface area contributed by atoms with Gasteiger partial charge in [0.1, 0.15) is 29.5 Å². The largest absolute Gasteiger partial charge is 0.496 e. The monoisotopic (exact) mass is 384 g/mol. The van der Waals surface area contributed by atoms with Gasteiger partial charge in [0, 0.05) is 16.8 Å². The first-order valence-electron chi connectivity index (χ1n) is 9.04. The number of para-hydroxylation sites is 1. The second-order valence-electron chi connectivity index (χ2n) is 6.77. The molecule has 7 nitrogen and oxygen atoms in total. The van der Waals surface area contributed by atoms with Crippen molar-refractivity contribution in [3.8, 4) is 28.8 Å². The molecule has 0 fully saturated rings. The van der Waals surface area contributed by atoms with Gasteiger partial charge in [-0.3, -0.25) is 4.57 Å². The summed E-state index contributed by atoms with van der Waals surface area (Å²) in [6.07, 6.45) is 1.46. The van der Waals surface area contributed by atoms with Gasteiger partial charge in [-0.05, 0) is 31.5 Å². The zero-order valence-corrected chi connectivity index (χ0v) is 16.4. The Kier molecular flexibility index (Phi) is 4.32. The summed E-state index contributed by atoms with van der Waals surface area (Å²) in [4.78, 5) is 8.92. The summed E-state index contributed by atoms with van der Waals surface area (Å²) in [5, 5.41) is 10.5. The van der Waals surface area contributed by atoms with Gasteiger partial charge >= 0.3 is 0 Å². The lowest BCUT2D eigenvalue weighted by atomic mass is 10.0. The molecule has 144 valence electrons. The predicted molar refractivity (Wildman–Crippen MR) is 114 cm³/mol. The minimum absolute atomic E-state index is 0.304. The highest BCUT2D eigenvalue weighted by atomic mass is 16.5. The van der Waals surface area contributed by atoms with Crippen LogP contribution in [0.2, 0.25) is 0 Å². The fourth-order valence-electron chi connectivity index (χ4n) is 3.77. The molecular formula is C22H20N6O. The highest BCUT2D eigenvalue weighted by molar-refractivity contribution is 6.02. The molecule has 2 aromatic heterocycles. The zero-order valence-electron chi connectivity index (χ0n) is 16.4. The Morgan fingerprint density at radius 3 is 2.52 bits per heavy atom. The van der Waals surface area contributed by atoms with Gasteiger partial charge in [-0.2, -0.15) is 5.26 Å².